The fourth-order valence-corrected chi connectivity index (χ4v) is 2.60. The van der Waals surface area contributed by atoms with E-state index in [2.05, 4.69) is 5.32 Å². The maximum Gasteiger partial charge on any atom is 0.290 e. The molecule has 0 radical (unpaired) electrons. The number of anilines is 1. The van der Waals surface area contributed by atoms with E-state index in [4.69, 9.17) is 22.1 Å². The van der Waals surface area contributed by atoms with E-state index in [1.165, 1.54) is 6.20 Å². The van der Waals surface area contributed by atoms with Crippen molar-refractivity contribution in [1.82, 2.24) is 0 Å². The van der Waals surface area contributed by atoms with E-state index in [1.54, 1.807) is 41.1 Å². The first-order valence-corrected chi connectivity index (χ1v) is 8.50. The molecule has 3 rings (SSSR count). The lowest BCUT2D eigenvalue weighted by Crippen LogP contribution is -2.40. The summed E-state index contributed by atoms with van der Waals surface area (Å²) in [4.78, 5) is 23.7. The number of carbonyl (C=O) groups excluding carboxylic acids is 2. The van der Waals surface area contributed by atoms with Crippen LogP contribution >= 0.6 is 11.6 Å². The number of para-hydroxylation sites is 1. The number of carbonyl (C=O) groups is 2. The van der Waals surface area contributed by atoms with Gasteiger partial charge in [0.25, 0.3) is 11.8 Å². The number of nitrogens with zero attached hydrogens (tertiary/aromatic N) is 1. The Balaban J connectivity index is 1.76. The lowest BCUT2D eigenvalue weighted by atomic mass is 10.2. The molecule has 136 valence electrons. The largest absolute Gasteiger partial charge is 0.455 e. The van der Waals surface area contributed by atoms with Crippen LogP contribution in [0.2, 0.25) is 5.02 Å². The molecule has 3 aromatic rings. The number of amides is 2. The first kappa shape index (κ1) is 18.4. The van der Waals surface area contributed by atoms with Crippen LogP contribution in [-0.2, 0) is 11.3 Å². The summed E-state index contributed by atoms with van der Waals surface area (Å²) in [6.45, 7) is -0.00158. The third-order valence-corrected chi connectivity index (χ3v) is 3.89. The van der Waals surface area contributed by atoms with Crippen molar-refractivity contribution in [3.8, 4) is 11.5 Å². The van der Waals surface area contributed by atoms with Gasteiger partial charge >= 0.3 is 0 Å². The molecule has 1 heterocycles. The molecule has 0 spiro atoms. The molecule has 0 aliphatic heterocycles. The summed E-state index contributed by atoms with van der Waals surface area (Å²) in [5, 5.41) is 3.25. The van der Waals surface area contributed by atoms with Crippen molar-refractivity contribution >= 4 is 29.1 Å². The first-order valence-electron chi connectivity index (χ1n) is 8.12. The fraction of sp³-hybridized carbons (Fsp3) is 0.0500. The average Bonchev–Trinajstić information content (AvgIpc) is 2.65. The maximum absolute atomic E-state index is 12.4. The van der Waals surface area contributed by atoms with Crippen LogP contribution in [0.3, 0.4) is 0 Å². The molecular formula is C20H17ClN3O3+. The Morgan fingerprint density at radius 2 is 1.85 bits per heavy atom. The number of halogens is 1. The summed E-state index contributed by atoms with van der Waals surface area (Å²) in [5.41, 5.74) is 6.03. The van der Waals surface area contributed by atoms with Crippen LogP contribution in [0.15, 0.2) is 73.1 Å². The monoisotopic (exact) mass is 382 g/mol. The van der Waals surface area contributed by atoms with Gasteiger partial charge in [-0.3, -0.25) is 9.59 Å². The highest BCUT2D eigenvalue weighted by molar-refractivity contribution is 6.31. The van der Waals surface area contributed by atoms with Gasteiger partial charge in [-0.1, -0.05) is 29.8 Å². The van der Waals surface area contributed by atoms with E-state index in [0.717, 1.165) is 0 Å². The minimum absolute atomic E-state index is 0.00158. The second-order valence-electron chi connectivity index (χ2n) is 5.73. The zero-order valence-corrected chi connectivity index (χ0v) is 15.0. The number of hydrogen-bond acceptors (Lipinski definition) is 3. The van der Waals surface area contributed by atoms with Crippen LogP contribution in [0.4, 0.5) is 5.69 Å². The molecule has 0 saturated heterocycles. The number of primary amides is 1. The molecule has 0 fully saturated rings. The zero-order chi connectivity index (χ0) is 19.2. The van der Waals surface area contributed by atoms with Crippen LogP contribution in [0.5, 0.6) is 11.5 Å². The minimum Gasteiger partial charge on any atom is -0.455 e. The number of aromatic nitrogens is 1. The van der Waals surface area contributed by atoms with Gasteiger partial charge in [0.15, 0.2) is 18.1 Å². The van der Waals surface area contributed by atoms with Crippen LogP contribution in [0, 0.1) is 0 Å². The summed E-state index contributed by atoms with van der Waals surface area (Å²) in [5.74, 6) is 0.244. The third kappa shape index (κ3) is 5.05. The van der Waals surface area contributed by atoms with Crippen LogP contribution in [0.25, 0.3) is 0 Å². The van der Waals surface area contributed by atoms with Crippen molar-refractivity contribution in [1.29, 1.82) is 0 Å². The molecule has 0 saturated carbocycles. The number of hydrogen-bond donors (Lipinski definition) is 2. The van der Waals surface area contributed by atoms with Crippen LogP contribution in [-0.4, -0.2) is 11.8 Å². The summed E-state index contributed by atoms with van der Waals surface area (Å²) in [6, 6.07) is 17.4. The molecule has 0 unspecified atom stereocenters. The van der Waals surface area contributed by atoms with Gasteiger partial charge in [-0.05, 0) is 36.4 Å². The second-order valence-corrected chi connectivity index (χ2v) is 6.17. The second kappa shape index (κ2) is 8.33. The Hall–Kier alpha value is -3.38. The van der Waals surface area contributed by atoms with Crippen molar-refractivity contribution in [2.45, 2.75) is 6.54 Å². The predicted molar refractivity (Wildman–Crippen MR) is 102 cm³/mol. The Labute approximate surface area is 161 Å². The highest BCUT2D eigenvalue weighted by Gasteiger charge is 2.15. The van der Waals surface area contributed by atoms with E-state index in [0.29, 0.717) is 27.8 Å². The lowest BCUT2D eigenvalue weighted by molar-refractivity contribution is -0.684. The molecule has 7 heteroatoms. The first-order chi connectivity index (χ1) is 13.0. The van der Waals surface area contributed by atoms with Gasteiger partial charge in [0, 0.05) is 11.1 Å². The number of rotatable bonds is 6. The summed E-state index contributed by atoms with van der Waals surface area (Å²) in [7, 11) is 0. The van der Waals surface area contributed by atoms with E-state index in [9.17, 15) is 9.59 Å². The standard InChI is InChI=1S/C20H16ClN3O3/c21-15-8-9-18(27-16-6-2-1-3-7-16)17(11-15)23-19(25)13-24-10-4-5-14(12-24)20(22)26/h1-12H,13H2,(H2-,22,23,25,26)/p+1. The van der Waals surface area contributed by atoms with Crippen molar-refractivity contribution in [2.24, 2.45) is 5.73 Å². The van der Waals surface area contributed by atoms with Crippen molar-refractivity contribution < 1.29 is 18.9 Å². The fourth-order valence-electron chi connectivity index (χ4n) is 2.43. The Kier molecular flexibility index (Phi) is 5.68. The Bertz CT molecular complexity index is 977. The van der Waals surface area contributed by atoms with Gasteiger partial charge in [0.2, 0.25) is 6.54 Å². The highest BCUT2D eigenvalue weighted by Crippen LogP contribution is 2.31. The summed E-state index contributed by atoms with van der Waals surface area (Å²) >= 11 is 6.06. The van der Waals surface area contributed by atoms with Crippen LogP contribution < -0.4 is 20.4 Å². The van der Waals surface area contributed by atoms with E-state index >= 15 is 0 Å². The highest BCUT2D eigenvalue weighted by atomic mass is 35.5. The number of benzene rings is 2. The zero-order valence-electron chi connectivity index (χ0n) is 14.3. The molecule has 0 aliphatic rings. The SMILES string of the molecule is NC(=O)c1ccc[n+](CC(=O)Nc2cc(Cl)ccc2Oc2ccccc2)c1. The lowest BCUT2D eigenvalue weighted by Gasteiger charge is -2.12. The molecule has 2 amide bonds. The molecule has 0 aliphatic carbocycles. The predicted octanol–water partition coefficient (Wildman–Crippen LogP) is 3.16. The molecule has 3 N–H and O–H groups in total. The van der Waals surface area contributed by atoms with Gasteiger partial charge in [-0.15, -0.1) is 0 Å². The van der Waals surface area contributed by atoms with Gasteiger partial charge in [0.05, 0.1) is 5.69 Å². The molecule has 6 nitrogen and oxygen atoms in total. The van der Waals surface area contributed by atoms with Crippen LogP contribution in [0.1, 0.15) is 10.4 Å². The molecule has 0 bridgehead atoms. The molecule has 0 atom stereocenters. The van der Waals surface area contributed by atoms with E-state index in [1.807, 2.05) is 30.3 Å². The van der Waals surface area contributed by atoms with Gasteiger partial charge in [-0.2, -0.15) is 4.57 Å². The smallest absolute Gasteiger partial charge is 0.290 e. The van der Waals surface area contributed by atoms with Gasteiger partial charge in [0.1, 0.15) is 11.3 Å². The summed E-state index contributed by atoms with van der Waals surface area (Å²) in [6.07, 6.45) is 3.19. The van der Waals surface area contributed by atoms with Crippen molar-refractivity contribution in [2.75, 3.05) is 5.32 Å². The number of nitrogens with two attached hydrogens (primary N) is 1. The van der Waals surface area contributed by atoms with E-state index < -0.39 is 5.91 Å². The quantitative estimate of drug-likeness (QED) is 0.642. The number of ether oxygens (including phenoxy) is 1. The van der Waals surface area contributed by atoms with Gasteiger partial charge < -0.3 is 15.8 Å². The molecular weight excluding hydrogens is 366 g/mol. The van der Waals surface area contributed by atoms with Gasteiger partial charge in [-0.25, -0.2) is 0 Å². The Morgan fingerprint density at radius 3 is 2.59 bits per heavy atom. The third-order valence-electron chi connectivity index (χ3n) is 3.66. The van der Waals surface area contributed by atoms with E-state index in [-0.39, 0.29) is 12.5 Å². The van der Waals surface area contributed by atoms with Crippen molar-refractivity contribution in [3.63, 3.8) is 0 Å². The molecule has 27 heavy (non-hydrogen) atoms. The molecule has 1 aromatic heterocycles. The summed E-state index contributed by atoms with van der Waals surface area (Å²) < 4.78 is 7.39. The maximum atomic E-state index is 12.4. The normalized spacial score (nSPS) is 10.3. The number of pyridine rings is 1. The number of nitrogens with one attached hydrogen (secondary N) is 1. The van der Waals surface area contributed by atoms with Crippen molar-refractivity contribution in [3.05, 3.63) is 83.6 Å². The minimum atomic E-state index is -0.557. The Morgan fingerprint density at radius 1 is 1.07 bits per heavy atom. The molecule has 2 aromatic carbocycles. The topological polar surface area (TPSA) is 85.3 Å². The average molecular weight is 383 g/mol.